The molecule has 0 aromatic carbocycles. The molecular weight excluding hydrogens is 240 g/mol. The number of rotatable bonds is 1. The van der Waals surface area contributed by atoms with E-state index in [0.717, 1.165) is 17.8 Å². The van der Waals surface area contributed by atoms with Crippen molar-refractivity contribution in [3.63, 3.8) is 0 Å². The molecule has 0 N–H and O–H groups in total. The Balaban J connectivity index is 2.50. The van der Waals surface area contributed by atoms with Gasteiger partial charge in [0.1, 0.15) is 0 Å². The first-order chi connectivity index (χ1) is 9.41. The first-order valence-corrected chi connectivity index (χ1v) is 9.41. The largest absolute Gasteiger partial charge is 0.0625 e. The lowest BCUT2D eigenvalue weighted by molar-refractivity contribution is 0.243. The van der Waals surface area contributed by atoms with Gasteiger partial charge in [0.05, 0.1) is 0 Å². The highest BCUT2D eigenvalue weighted by molar-refractivity contribution is 4.72. The Kier molecular flexibility index (Phi) is 8.22. The number of hydrogen-bond donors (Lipinski definition) is 0. The van der Waals surface area contributed by atoms with Crippen molar-refractivity contribution in [2.75, 3.05) is 0 Å². The maximum absolute atomic E-state index is 2.49. The zero-order valence-corrected chi connectivity index (χ0v) is 15.0. The SMILES string of the molecule is CC1CCCCCC(C(C)C)CCCC(C)(C)CCC1. The number of hydrogen-bond acceptors (Lipinski definition) is 0. The van der Waals surface area contributed by atoms with E-state index in [2.05, 4.69) is 34.6 Å². The molecule has 20 heavy (non-hydrogen) atoms. The fourth-order valence-corrected chi connectivity index (χ4v) is 3.93. The molecule has 1 aliphatic carbocycles. The van der Waals surface area contributed by atoms with Crippen LogP contribution >= 0.6 is 0 Å². The summed E-state index contributed by atoms with van der Waals surface area (Å²) < 4.78 is 0. The Morgan fingerprint density at radius 1 is 0.750 bits per heavy atom. The second-order valence-electron chi connectivity index (χ2n) is 8.70. The van der Waals surface area contributed by atoms with Crippen molar-refractivity contribution >= 4 is 0 Å². The second-order valence-corrected chi connectivity index (χ2v) is 8.70. The van der Waals surface area contributed by atoms with Crippen LogP contribution in [0.4, 0.5) is 0 Å². The van der Waals surface area contributed by atoms with E-state index in [-0.39, 0.29) is 0 Å². The summed E-state index contributed by atoms with van der Waals surface area (Å²) >= 11 is 0. The Morgan fingerprint density at radius 2 is 1.25 bits per heavy atom. The van der Waals surface area contributed by atoms with Crippen LogP contribution in [0, 0.1) is 23.2 Å². The van der Waals surface area contributed by atoms with Crippen molar-refractivity contribution in [1.82, 2.24) is 0 Å². The summed E-state index contributed by atoms with van der Waals surface area (Å²) in [5, 5.41) is 0. The van der Waals surface area contributed by atoms with E-state index in [1.165, 1.54) is 70.6 Å². The summed E-state index contributed by atoms with van der Waals surface area (Å²) in [6, 6.07) is 0. The molecule has 1 aliphatic rings. The summed E-state index contributed by atoms with van der Waals surface area (Å²) in [6.07, 6.45) is 16.0. The van der Waals surface area contributed by atoms with Gasteiger partial charge in [-0.1, -0.05) is 92.4 Å². The zero-order valence-electron chi connectivity index (χ0n) is 15.0. The molecular formula is C20H40. The van der Waals surface area contributed by atoms with Crippen LogP contribution in [-0.4, -0.2) is 0 Å². The summed E-state index contributed by atoms with van der Waals surface area (Å²) in [4.78, 5) is 0. The van der Waals surface area contributed by atoms with Crippen LogP contribution < -0.4 is 0 Å². The molecule has 0 bridgehead atoms. The Labute approximate surface area is 129 Å². The third-order valence-corrected chi connectivity index (χ3v) is 5.69. The van der Waals surface area contributed by atoms with Crippen LogP contribution in [0.5, 0.6) is 0 Å². The van der Waals surface area contributed by atoms with E-state index < -0.39 is 0 Å². The molecule has 0 nitrogen and oxygen atoms in total. The van der Waals surface area contributed by atoms with Gasteiger partial charge in [0.25, 0.3) is 0 Å². The molecule has 1 saturated carbocycles. The summed E-state index contributed by atoms with van der Waals surface area (Å²) in [5.41, 5.74) is 0.575. The minimum atomic E-state index is 0.575. The molecule has 0 radical (unpaired) electrons. The van der Waals surface area contributed by atoms with Crippen molar-refractivity contribution in [2.24, 2.45) is 23.2 Å². The van der Waals surface area contributed by atoms with Crippen molar-refractivity contribution in [3.8, 4) is 0 Å². The molecule has 2 unspecified atom stereocenters. The van der Waals surface area contributed by atoms with E-state index in [4.69, 9.17) is 0 Å². The molecule has 2 atom stereocenters. The van der Waals surface area contributed by atoms with Crippen LogP contribution in [-0.2, 0) is 0 Å². The minimum absolute atomic E-state index is 0.575. The highest BCUT2D eigenvalue weighted by atomic mass is 14.3. The van der Waals surface area contributed by atoms with Crippen LogP contribution in [0.2, 0.25) is 0 Å². The van der Waals surface area contributed by atoms with Gasteiger partial charge in [-0.15, -0.1) is 0 Å². The van der Waals surface area contributed by atoms with Gasteiger partial charge in [0, 0.05) is 0 Å². The lowest BCUT2D eigenvalue weighted by Crippen LogP contribution is -2.15. The highest BCUT2D eigenvalue weighted by Gasteiger charge is 2.20. The third-order valence-electron chi connectivity index (χ3n) is 5.69. The predicted molar refractivity (Wildman–Crippen MR) is 92.1 cm³/mol. The molecule has 0 saturated heterocycles. The van der Waals surface area contributed by atoms with Gasteiger partial charge in [0.2, 0.25) is 0 Å². The standard InChI is InChI=1S/C20H40/c1-17(2)19-13-8-6-7-11-18(3)12-9-15-20(4,5)16-10-14-19/h17-19H,6-16H2,1-5H3. The van der Waals surface area contributed by atoms with Gasteiger partial charge >= 0.3 is 0 Å². The van der Waals surface area contributed by atoms with E-state index in [1.807, 2.05) is 0 Å². The van der Waals surface area contributed by atoms with E-state index in [9.17, 15) is 0 Å². The van der Waals surface area contributed by atoms with Crippen molar-refractivity contribution < 1.29 is 0 Å². The van der Waals surface area contributed by atoms with Gasteiger partial charge in [-0.25, -0.2) is 0 Å². The summed E-state index contributed by atoms with van der Waals surface area (Å²) in [6.45, 7) is 12.3. The normalized spacial score (nSPS) is 30.9. The van der Waals surface area contributed by atoms with Gasteiger partial charge in [-0.3, -0.25) is 0 Å². The first-order valence-electron chi connectivity index (χ1n) is 9.41. The molecule has 0 heterocycles. The zero-order chi connectivity index (χ0) is 15.0. The Bertz CT molecular complexity index is 238. The fraction of sp³-hybridized carbons (Fsp3) is 1.00. The van der Waals surface area contributed by atoms with Crippen molar-refractivity contribution in [1.29, 1.82) is 0 Å². The maximum atomic E-state index is 2.49. The average molecular weight is 281 g/mol. The van der Waals surface area contributed by atoms with Crippen molar-refractivity contribution in [2.45, 2.75) is 105 Å². The topological polar surface area (TPSA) is 0 Å². The predicted octanol–water partition coefficient (Wildman–Crippen LogP) is 7.23. The van der Waals surface area contributed by atoms with E-state index >= 15 is 0 Å². The first kappa shape index (κ1) is 18.1. The quantitative estimate of drug-likeness (QED) is 0.475. The molecule has 1 rings (SSSR count). The second kappa shape index (κ2) is 9.11. The summed E-state index contributed by atoms with van der Waals surface area (Å²) in [7, 11) is 0. The molecule has 1 fully saturated rings. The molecule has 0 heteroatoms. The molecule has 0 amide bonds. The van der Waals surface area contributed by atoms with Gasteiger partial charge < -0.3 is 0 Å². The Hall–Kier alpha value is 0. The lowest BCUT2D eigenvalue weighted by Gasteiger charge is -2.28. The van der Waals surface area contributed by atoms with Crippen LogP contribution in [0.3, 0.4) is 0 Å². The monoisotopic (exact) mass is 280 g/mol. The third kappa shape index (κ3) is 7.70. The van der Waals surface area contributed by atoms with Crippen LogP contribution in [0.1, 0.15) is 105 Å². The fourth-order valence-electron chi connectivity index (χ4n) is 3.93. The molecule has 0 aliphatic heterocycles. The van der Waals surface area contributed by atoms with Crippen molar-refractivity contribution in [3.05, 3.63) is 0 Å². The molecule has 120 valence electrons. The van der Waals surface area contributed by atoms with Gasteiger partial charge in [0.15, 0.2) is 0 Å². The van der Waals surface area contributed by atoms with E-state index in [0.29, 0.717) is 5.41 Å². The molecule has 0 spiro atoms. The average Bonchev–Trinajstić information content (AvgIpc) is 2.34. The Morgan fingerprint density at radius 3 is 1.90 bits per heavy atom. The van der Waals surface area contributed by atoms with Gasteiger partial charge in [-0.2, -0.15) is 0 Å². The van der Waals surface area contributed by atoms with E-state index in [1.54, 1.807) is 0 Å². The maximum Gasteiger partial charge on any atom is -0.0354 e. The summed E-state index contributed by atoms with van der Waals surface area (Å²) in [5.74, 6) is 2.81. The smallest absolute Gasteiger partial charge is 0.0354 e. The van der Waals surface area contributed by atoms with Crippen LogP contribution in [0.15, 0.2) is 0 Å². The van der Waals surface area contributed by atoms with Crippen LogP contribution in [0.25, 0.3) is 0 Å². The van der Waals surface area contributed by atoms with Gasteiger partial charge in [-0.05, 0) is 36.0 Å². The lowest BCUT2D eigenvalue weighted by atomic mass is 9.78. The minimum Gasteiger partial charge on any atom is -0.0625 e. The highest BCUT2D eigenvalue weighted by Crippen LogP contribution is 2.34. The molecule has 0 aromatic rings. The molecule has 0 aromatic heterocycles.